The van der Waals surface area contributed by atoms with Gasteiger partial charge in [0, 0.05) is 32.4 Å². The quantitative estimate of drug-likeness (QED) is 0.523. The van der Waals surface area contributed by atoms with Gasteiger partial charge in [0.25, 0.3) is 0 Å². The first-order valence-electron chi connectivity index (χ1n) is 4.98. The zero-order valence-corrected chi connectivity index (χ0v) is 9.47. The molecule has 0 saturated carbocycles. The van der Waals surface area contributed by atoms with E-state index in [1.54, 1.807) is 17.2 Å². The third-order valence-corrected chi connectivity index (χ3v) is 2.03. The number of hydrogen-bond acceptors (Lipinski definition) is 5. The van der Waals surface area contributed by atoms with Crippen LogP contribution in [0, 0.1) is 0 Å². The van der Waals surface area contributed by atoms with Crippen molar-refractivity contribution in [2.75, 3.05) is 14.1 Å². The number of cyclic esters (lactones) is 2. The second kappa shape index (κ2) is 4.29. The molecule has 17 heavy (non-hydrogen) atoms. The van der Waals surface area contributed by atoms with Gasteiger partial charge in [0.05, 0.1) is 5.57 Å². The van der Waals surface area contributed by atoms with E-state index in [4.69, 9.17) is 9.47 Å². The lowest BCUT2D eigenvalue weighted by molar-refractivity contribution is -0.133. The molecule has 2 aliphatic rings. The highest BCUT2D eigenvalue weighted by atomic mass is 16.6. The van der Waals surface area contributed by atoms with Crippen molar-refractivity contribution in [1.82, 2.24) is 4.90 Å². The Balaban J connectivity index is 2.17. The minimum absolute atomic E-state index is 0.359. The molecule has 0 radical (unpaired) electrons. The van der Waals surface area contributed by atoms with Crippen LogP contribution in [0.3, 0.4) is 0 Å². The van der Waals surface area contributed by atoms with E-state index in [0.29, 0.717) is 17.1 Å². The number of nitrogens with zero attached hydrogens (tertiary/aromatic N) is 1. The van der Waals surface area contributed by atoms with Crippen LogP contribution in [0.2, 0.25) is 0 Å². The highest BCUT2D eigenvalue weighted by molar-refractivity contribution is 5.95. The summed E-state index contributed by atoms with van der Waals surface area (Å²) in [5.74, 6) is -0.123. The van der Waals surface area contributed by atoms with Gasteiger partial charge >= 0.3 is 11.9 Å². The maximum atomic E-state index is 11.4. The lowest BCUT2D eigenvalue weighted by Gasteiger charge is -2.03. The third kappa shape index (κ3) is 2.63. The molecule has 0 fully saturated rings. The smallest absolute Gasteiger partial charge is 0.345 e. The zero-order valence-electron chi connectivity index (χ0n) is 9.47. The predicted molar refractivity (Wildman–Crippen MR) is 59.3 cm³/mol. The van der Waals surface area contributed by atoms with Crippen molar-refractivity contribution >= 4 is 11.9 Å². The van der Waals surface area contributed by atoms with Crippen LogP contribution in [0.25, 0.3) is 0 Å². The molecule has 0 N–H and O–H groups in total. The first kappa shape index (κ1) is 11.2. The summed E-state index contributed by atoms with van der Waals surface area (Å²) >= 11 is 0. The van der Waals surface area contributed by atoms with E-state index in [2.05, 4.69) is 0 Å². The molecule has 5 heteroatoms. The molecule has 0 bridgehead atoms. The van der Waals surface area contributed by atoms with E-state index in [1.165, 1.54) is 18.2 Å². The van der Waals surface area contributed by atoms with Crippen LogP contribution < -0.4 is 0 Å². The van der Waals surface area contributed by atoms with Gasteiger partial charge in [-0.1, -0.05) is 0 Å². The fraction of sp³-hybridized carbons (Fsp3) is 0.167. The van der Waals surface area contributed by atoms with Gasteiger partial charge in [-0.05, 0) is 12.2 Å². The summed E-state index contributed by atoms with van der Waals surface area (Å²) in [4.78, 5) is 24.0. The summed E-state index contributed by atoms with van der Waals surface area (Å²) in [5, 5.41) is 0. The molecule has 2 aliphatic heterocycles. The van der Waals surface area contributed by atoms with Gasteiger partial charge in [-0.25, -0.2) is 9.59 Å². The van der Waals surface area contributed by atoms with Gasteiger partial charge in [-0.2, -0.15) is 0 Å². The summed E-state index contributed by atoms with van der Waals surface area (Å²) < 4.78 is 9.82. The summed E-state index contributed by atoms with van der Waals surface area (Å²) in [6, 6.07) is 0. The number of ether oxygens (including phenoxy) is 2. The lowest BCUT2D eigenvalue weighted by atomic mass is 10.2. The van der Waals surface area contributed by atoms with Crippen molar-refractivity contribution in [3.05, 3.63) is 47.6 Å². The molecule has 0 unspecified atom stereocenters. The molecule has 0 saturated heterocycles. The van der Waals surface area contributed by atoms with Crippen LogP contribution in [-0.2, 0) is 19.1 Å². The fourth-order valence-electron chi connectivity index (χ4n) is 1.40. The van der Waals surface area contributed by atoms with E-state index >= 15 is 0 Å². The van der Waals surface area contributed by atoms with Crippen LogP contribution >= 0.6 is 0 Å². The highest BCUT2D eigenvalue weighted by Crippen LogP contribution is 2.21. The van der Waals surface area contributed by atoms with Crippen LogP contribution in [0.5, 0.6) is 0 Å². The Bertz CT molecular complexity index is 495. The number of rotatable bonds is 2. The maximum absolute atomic E-state index is 11.4. The van der Waals surface area contributed by atoms with E-state index in [9.17, 15) is 9.59 Å². The molecular formula is C12H11NO4. The first-order chi connectivity index (χ1) is 8.04. The van der Waals surface area contributed by atoms with Gasteiger partial charge in [0.15, 0.2) is 0 Å². The van der Waals surface area contributed by atoms with Crippen molar-refractivity contribution < 1.29 is 19.1 Å². The molecule has 0 atom stereocenters. The standard InChI is InChI=1S/C12H11NO4/c1-13(2)7-8-5-10(17-12(8)15)6-9-3-4-11(14)16-9/h3-7H,1-2H3/b8-7+,9-6-. The number of esters is 2. The average molecular weight is 233 g/mol. The van der Waals surface area contributed by atoms with E-state index in [-0.39, 0.29) is 0 Å². The lowest BCUT2D eigenvalue weighted by Crippen LogP contribution is -2.06. The van der Waals surface area contributed by atoms with Crippen LogP contribution in [0.15, 0.2) is 47.6 Å². The predicted octanol–water partition coefficient (Wildman–Crippen LogP) is 0.869. The topological polar surface area (TPSA) is 55.8 Å². The Hall–Kier alpha value is -2.30. The third-order valence-electron chi connectivity index (χ3n) is 2.03. The van der Waals surface area contributed by atoms with Gasteiger partial charge < -0.3 is 14.4 Å². The maximum Gasteiger partial charge on any atom is 0.345 e. The van der Waals surface area contributed by atoms with Gasteiger partial charge in [0.2, 0.25) is 0 Å². The number of carbonyl (C=O) groups is 2. The largest absolute Gasteiger partial charge is 0.423 e. The SMILES string of the molecule is CN(C)/C=C1C=C(/C=C2/C=CC(=O)O2)OC\1=O. The Labute approximate surface area is 98.3 Å². The molecular weight excluding hydrogens is 222 g/mol. The minimum Gasteiger partial charge on any atom is -0.423 e. The molecule has 0 amide bonds. The number of carbonyl (C=O) groups excluding carboxylic acids is 2. The van der Waals surface area contributed by atoms with Crippen LogP contribution in [0.4, 0.5) is 0 Å². The average Bonchev–Trinajstić information content (AvgIpc) is 2.74. The molecule has 0 aliphatic carbocycles. The van der Waals surface area contributed by atoms with Crippen LogP contribution in [-0.4, -0.2) is 30.9 Å². The Morgan fingerprint density at radius 1 is 1.18 bits per heavy atom. The normalized spacial score (nSPS) is 23.1. The second-order valence-corrected chi connectivity index (χ2v) is 3.79. The minimum atomic E-state index is -0.426. The summed E-state index contributed by atoms with van der Waals surface area (Å²) in [5.41, 5.74) is 0.454. The van der Waals surface area contributed by atoms with Crippen molar-refractivity contribution in [2.24, 2.45) is 0 Å². The summed E-state index contributed by atoms with van der Waals surface area (Å²) in [6.07, 6.45) is 7.57. The van der Waals surface area contributed by atoms with Gasteiger partial charge in [-0.3, -0.25) is 0 Å². The molecule has 0 spiro atoms. The fourth-order valence-corrected chi connectivity index (χ4v) is 1.40. The van der Waals surface area contributed by atoms with Gasteiger partial charge in [-0.15, -0.1) is 0 Å². The zero-order chi connectivity index (χ0) is 12.4. The monoisotopic (exact) mass is 233 g/mol. The van der Waals surface area contributed by atoms with E-state index in [1.807, 2.05) is 14.1 Å². The van der Waals surface area contributed by atoms with E-state index in [0.717, 1.165) is 0 Å². The molecule has 2 rings (SSSR count). The Morgan fingerprint density at radius 3 is 2.53 bits per heavy atom. The molecule has 0 aromatic heterocycles. The van der Waals surface area contributed by atoms with Crippen LogP contribution in [0.1, 0.15) is 0 Å². The van der Waals surface area contributed by atoms with E-state index < -0.39 is 11.9 Å². The highest BCUT2D eigenvalue weighted by Gasteiger charge is 2.21. The molecule has 0 aromatic rings. The van der Waals surface area contributed by atoms with Crippen molar-refractivity contribution in [3.63, 3.8) is 0 Å². The van der Waals surface area contributed by atoms with Crippen molar-refractivity contribution in [2.45, 2.75) is 0 Å². The van der Waals surface area contributed by atoms with Crippen molar-refractivity contribution in [1.29, 1.82) is 0 Å². The molecule has 5 nitrogen and oxygen atoms in total. The van der Waals surface area contributed by atoms with Gasteiger partial charge in [0.1, 0.15) is 11.5 Å². The molecule has 88 valence electrons. The van der Waals surface area contributed by atoms with Crippen molar-refractivity contribution in [3.8, 4) is 0 Å². The first-order valence-corrected chi connectivity index (χ1v) is 4.98. The molecule has 0 aromatic carbocycles. The summed E-state index contributed by atoms with van der Waals surface area (Å²) in [7, 11) is 3.62. The number of allylic oxidation sites excluding steroid dienone is 2. The Kier molecular flexibility index (Phi) is 2.82. The summed E-state index contributed by atoms with van der Waals surface area (Å²) in [6.45, 7) is 0. The Morgan fingerprint density at radius 2 is 1.94 bits per heavy atom. The molecule has 2 heterocycles. The second-order valence-electron chi connectivity index (χ2n) is 3.79. The number of hydrogen-bond donors (Lipinski definition) is 0.